The van der Waals surface area contributed by atoms with Gasteiger partial charge in [0.2, 0.25) is 0 Å². The summed E-state index contributed by atoms with van der Waals surface area (Å²) in [5.74, 6) is 0. The van der Waals surface area contributed by atoms with E-state index in [4.69, 9.17) is 4.74 Å². The van der Waals surface area contributed by atoms with Crippen molar-refractivity contribution in [2.45, 2.75) is 50.2 Å². The first-order chi connectivity index (χ1) is 9.36. The number of rotatable bonds is 1. The third kappa shape index (κ3) is 1.88. The zero-order chi connectivity index (χ0) is 12.7. The van der Waals surface area contributed by atoms with E-state index >= 15 is 0 Å². The molecule has 1 aliphatic carbocycles. The van der Waals surface area contributed by atoms with Gasteiger partial charge in [-0.25, -0.2) is 4.98 Å². The Morgan fingerprint density at radius 1 is 1.21 bits per heavy atom. The zero-order valence-electron chi connectivity index (χ0n) is 11.2. The van der Waals surface area contributed by atoms with Crippen LogP contribution in [-0.2, 0) is 4.74 Å². The first kappa shape index (κ1) is 11.5. The molecule has 2 heterocycles. The second kappa shape index (κ2) is 4.34. The molecule has 2 fully saturated rings. The number of benzene rings is 1. The van der Waals surface area contributed by atoms with Crippen molar-refractivity contribution in [2.75, 3.05) is 6.61 Å². The lowest BCUT2D eigenvalue weighted by Crippen LogP contribution is -2.37. The van der Waals surface area contributed by atoms with Crippen molar-refractivity contribution >= 4 is 11.0 Å². The number of hydrogen-bond acceptors (Lipinski definition) is 2. The lowest BCUT2D eigenvalue weighted by molar-refractivity contribution is -0.0889. The van der Waals surface area contributed by atoms with Crippen LogP contribution in [-0.4, -0.2) is 21.8 Å². The molecule has 1 spiro atoms. The van der Waals surface area contributed by atoms with E-state index in [0.29, 0.717) is 6.04 Å². The topological polar surface area (TPSA) is 27.1 Å². The van der Waals surface area contributed by atoms with E-state index in [-0.39, 0.29) is 5.60 Å². The Hall–Kier alpha value is -1.35. The molecule has 0 bridgehead atoms. The van der Waals surface area contributed by atoms with Gasteiger partial charge in [0.15, 0.2) is 0 Å². The summed E-state index contributed by atoms with van der Waals surface area (Å²) in [5, 5.41) is 0. The molecule has 1 atom stereocenters. The van der Waals surface area contributed by atoms with Crippen LogP contribution in [0, 0.1) is 0 Å². The maximum atomic E-state index is 6.13. The van der Waals surface area contributed by atoms with Gasteiger partial charge in [-0.3, -0.25) is 0 Å². The number of imidazole rings is 1. The maximum absolute atomic E-state index is 6.13. The number of hydrogen-bond donors (Lipinski definition) is 0. The van der Waals surface area contributed by atoms with E-state index in [1.165, 1.54) is 31.2 Å². The Labute approximate surface area is 113 Å². The van der Waals surface area contributed by atoms with Gasteiger partial charge in [-0.2, -0.15) is 0 Å². The van der Waals surface area contributed by atoms with E-state index in [0.717, 1.165) is 25.0 Å². The van der Waals surface area contributed by atoms with Gasteiger partial charge in [0, 0.05) is 12.6 Å². The molecule has 19 heavy (non-hydrogen) atoms. The van der Waals surface area contributed by atoms with Gasteiger partial charge in [-0.05, 0) is 37.8 Å². The molecule has 1 aliphatic heterocycles. The minimum atomic E-state index is 0.175. The number of para-hydroxylation sites is 2. The fourth-order valence-electron chi connectivity index (χ4n) is 3.88. The quantitative estimate of drug-likeness (QED) is 0.778. The Morgan fingerprint density at radius 3 is 2.95 bits per heavy atom. The highest BCUT2D eigenvalue weighted by Crippen LogP contribution is 2.44. The first-order valence-corrected chi connectivity index (χ1v) is 7.42. The van der Waals surface area contributed by atoms with Crippen molar-refractivity contribution in [1.82, 2.24) is 9.55 Å². The van der Waals surface area contributed by atoms with Gasteiger partial charge >= 0.3 is 0 Å². The Balaban J connectivity index is 1.68. The average Bonchev–Trinajstić information content (AvgIpc) is 3.06. The second-order valence-corrected chi connectivity index (χ2v) is 6.03. The normalized spacial score (nSPS) is 26.2. The molecule has 0 amide bonds. The van der Waals surface area contributed by atoms with Crippen molar-refractivity contribution in [2.24, 2.45) is 0 Å². The van der Waals surface area contributed by atoms with Crippen LogP contribution in [0.1, 0.15) is 44.6 Å². The lowest BCUT2D eigenvalue weighted by Gasteiger charge is -2.39. The summed E-state index contributed by atoms with van der Waals surface area (Å²) in [5.41, 5.74) is 2.55. The summed E-state index contributed by atoms with van der Waals surface area (Å²) in [6.45, 7) is 0.900. The maximum Gasteiger partial charge on any atom is 0.0960 e. The van der Waals surface area contributed by atoms with Gasteiger partial charge in [0.25, 0.3) is 0 Å². The van der Waals surface area contributed by atoms with Crippen LogP contribution in [0.4, 0.5) is 0 Å². The van der Waals surface area contributed by atoms with E-state index in [9.17, 15) is 0 Å². The average molecular weight is 256 g/mol. The lowest BCUT2D eigenvalue weighted by atomic mass is 9.89. The Morgan fingerprint density at radius 2 is 2.05 bits per heavy atom. The van der Waals surface area contributed by atoms with Crippen molar-refractivity contribution in [3.8, 4) is 0 Å². The van der Waals surface area contributed by atoms with Crippen LogP contribution in [0.2, 0.25) is 0 Å². The molecule has 1 aromatic carbocycles. The minimum Gasteiger partial charge on any atom is -0.375 e. The highest BCUT2D eigenvalue weighted by molar-refractivity contribution is 5.75. The Kier molecular flexibility index (Phi) is 2.62. The Bertz CT molecular complexity index is 583. The third-order valence-corrected chi connectivity index (χ3v) is 4.86. The molecule has 0 N–H and O–H groups in total. The highest BCUT2D eigenvalue weighted by Gasteiger charge is 2.40. The van der Waals surface area contributed by atoms with Crippen LogP contribution < -0.4 is 0 Å². The molecular formula is C16H20N2O. The van der Waals surface area contributed by atoms with Gasteiger partial charge < -0.3 is 9.30 Å². The molecule has 100 valence electrons. The number of aromatic nitrogens is 2. The van der Waals surface area contributed by atoms with Gasteiger partial charge in [0.1, 0.15) is 0 Å². The molecule has 1 saturated carbocycles. The number of nitrogens with zero attached hydrogens (tertiary/aromatic N) is 2. The molecule has 3 nitrogen and oxygen atoms in total. The van der Waals surface area contributed by atoms with Crippen molar-refractivity contribution < 1.29 is 4.74 Å². The summed E-state index contributed by atoms with van der Waals surface area (Å²) < 4.78 is 8.51. The SMILES string of the molecule is c1ccc2c(c1)ncn2C1CCOC2(CCCC2)C1. The van der Waals surface area contributed by atoms with Crippen LogP contribution in [0.15, 0.2) is 30.6 Å². The molecule has 1 aromatic heterocycles. The van der Waals surface area contributed by atoms with Crippen LogP contribution in [0.25, 0.3) is 11.0 Å². The second-order valence-electron chi connectivity index (χ2n) is 6.03. The molecule has 2 aliphatic rings. The predicted molar refractivity (Wildman–Crippen MR) is 75.2 cm³/mol. The van der Waals surface area contributed by atoms with Crippen LogP contribution >= 0.6 is 0 Å². The fraction of sp³-hybridized carbons (Fsp3) is 0.562. The molecule has 1 unspecified atom stereocenters. The molecule has 0 radical (unpaired) electrons. The van der Waals surface area contributed by atoms with Crippen LogP contribution in [0.3, 0.4) is 0 Å². The van der Waals surface area contributed by atoms with Gasteiger partial charge in [-0.1, -0.05) is 25.0 Å². The highest BCUT2D eigenvalue weighted by atomic mass is 16.5. The minimum absolute atomic E-state index is 0.175. The van der Waals surface area contributed by atoms with E-state index < -0.39 is 0 Å². The summed E-state index contributed by atoms with van der Waals surface area (Å²) in [6.07, 6.45) is 9.44. The van der Waals surface area contributed by atoms with Crippen molar-refractivity contribution in [3.63, 3.8) is 0 Å². The standard InChI is InChI=1S/C16H20N2O/c1-2-6-15-14(5-1)17-12-18(15)13-7-10-19-16(11-13)8-3-4-9-16/h1-2,5-6,12-13H,3-4,7-11H2. The first-order valence-electron chi connectivity index (χ1n) is 7.42. The summed E-state index contributed by atoms with van der Waals surface area (Å²) in [6, 6.07) is 8.99. The summed E-state index contributed by atoms with van der Waals surface area (Å²) in [4.78, 5) is 4.53. The zero-order valence-corrected chi connectivity index (χ0v) is 11.2. The van der Waals surface area contributed by atoms with E-state index in [1.807, 2.05) is 6.33 Å². The molecule has 2 aromatic rings. The number of ether oxygens (including phenoxy) is 1. The molecular weight excluding hydrogens is 236 g/mol. The van der Waals surface area contributed by atoms with E-state index in [1.54, 1.807) is 0 Å². The van der Waals surface area contributed by atoms with Crippen molar-refractivity contribution in [1.29, 1.82) is 0 Å². The summed E-state index contributed by atoms with van der Waals surface area (Å²) in [7, 11) is 0. The predicted octanol–water partition coefficient (Wildman–Crippen LogP) is 3.70. The third-order valence-electron chi connectivity index (χ3n) is 4.86. The summed E-state index contributed by atoms with van der Waals surface area (Å²) >= 11 is 0. The van der Waals surface area contributed by atoms with Crippen LogP contribution in [0.5, 0.6) is 0 Å². The fourth-order valence-corrected chi connectivity index (χ4v) is 3.88. The van der Waals surface area contributed by atoms with Gasteiger partial charge in [0.05, 0.1) is 23.0 Å². The van der Waals surface area contributed by atoms with E-state index in [2.05, 4.69) is 33.8 Å². The van der Waals surface area contributed by atoms with Crippen molar-refractivity contribution in [3.05, 3.63) is 30.6 Å². The number of fused-ring (bicyclic) bond motifs is 1. The largest absolute Gasteiger partial charge is 0.375 e. The molecule has 3 heteroatoms. The molecule has 4 rings (SSSR count). The smallest absolute Gasteiger partial charge is 0.0960 e. The van der Waals surface area contributed by atoms with Gasteiger partial charge in [-0.15, -0.1) is 0 Å². The molecule has 1 saturated heterocycles. The monoisotopic (exact) mass is 256 g/mol.